The lowest BCUT2D eigenvalue weighted by molar-refractivity contribution is -0.118. The molecule has 1 heterocycles. The molecule has 0 unspecified atom stereocenters. The van der Waals surface area contributed by atoms with Crippen LogP contribution in [0.15, 0.2) is 46.9 Å². The number of nitrogens with two attached hydrogens (primary N) is 1. The molecule has 6 nitrogen and oxygen atoms in total. The van der Waals surface area contributed by atoms with Crippen molar-refractivity contribution in [2.75, 3.05) is 27.4 Å². The zero-order valence-corrected chi connectivity index (χ0v) is 16.9. The zero-order chi connectivity index (χ0) is 20.5. The summed E-state index contributed by atoms with van der Waals surface area (Å²) in [5.41, 5.74) is 9.18. The number of hydrogen-bond donors (Lipinski definition) is 1. The molecule has 0 bridgehead atoms. The van der Waals surface area contributed by atoms with Crippen molar-refractivity contribution in [1.29, 1.82) is 5.26 Å². The van der Waals surface area contributed by atoms with Gasteiger partial charge < -0.3 is 20.1 Å². The van der Waals surface area contributed by atoms with E-state index in [4.69, 9.17) is 15.2 Å². The van der Waals surface area contributed by atoms with E-state index in [9.17, 15) is 10.1 Å². The van der Waals surface area contributed by atoms with Gasteiger partial charge in [0, 0.05) is 31.3 Å². The predicted octanol–water partition coefficient (Wildman–Crippen LogP) is 3.08. The third-order valence-electron chi connectivity index (χ3n) is 5.45. The van der Waals surface area contributed by atoms with Crippen LogP contribution in [0, 0.1) is 16.7 Å². The van der Waals surface area contributed by atoms with Crippen molar-refractivity contribution < 1.29 is 14.3 Å². The second kappa shape index (κ2) is 7.69. The van der Waals surface area contributed by atoms with Gasteiger partial charge in [0.15, 0.2) is 5.78 Å². The Labute approximate surface area is 166 Å². The number of hydrogen-bond acceptors (Lipinski definition) is 6. The average Bonchev–Trinajstić information content (AvgIpc) is 2.66. The molecule has 0 radical (unpaired) electrons. The fraction of sp³-hybridized carbons (Fsp3) is 0.455. The quantitative estimate of drug-likeness (QED) is 0.843. The van der Waals surface area contributed by atoms with E-state index < -0.39 is 5.92 Å². The Morgan fingerprint density at radius 1 is 1.25 bits per heavy atom. The molecule has 2 aliphatic rings. The summed E-state index contributed by atoms with van der Waals surface area (Å²) in [7, 11) is 3.23. The van der Waals surface area contributed by atoms with Crippen LogP contribution in [-0.4, -0.2) is 38.1 Å². The molecule has 0 saturated carbocycles. The molecule has 0 aromatic heterocycles. The van der Waals surface area contributed by atoms with Crippen LogP contribution in [0.5, 0.6) is 5.75 Å². The Kier molecular flexibility index (Phi) is 5.48. The molecule has 0 amide bonds. The maximum atomic E-state index is 13.2. The van der Waals surface area contributed by atoms with Gasteiger partial charge in [0.05, 0.1) is 31.3 Å². The van der Waals surface area contributed by atoms with E-state index in [0.717, 1.165) is 23.4 Å². The second-order valence-corrected chi connectivity index (χ2v) is 8.06. The van der Waals surface area contributed by atoms with Crippen LogP contribution in [0.3, 0.4) is 0 Å². The van der Waals surface area contributed by atoms with Crippen LogP contribution in [0.4, 0.5) is 0 Å². The van der Waals surface area contributed by atoms with Gasteiger partial charge in [0.2, 0.25) is 0 Å². The zero-order valence-electron chi connectivity index (χ0n) is 16.9. The van der Waals surface area contributed by atoms with Crippen LogP contribution in [0.25, 0.3) is 0 Å². The highest BCUT2D eigenvalue weighted by atomic mass is 16.5. The monoisotopic (exact) mass is 381 g/mol. The topological polar surface area (TPSA) is 88.6 Å². The van der Waals surface area contributed by atoms with E-state index in [2.05, 4.69) is 19.9 Å². The van der Waals surface area contributed by atoms with Crippen molar-refractivity contribution in [2.24, 2.45) is 11.1 Å². The summed E-state index contributed by atoms with van der Waals surface area (Å²) in [6.45, 7) is 5.14. The SMILES string of the molecule is COCCN1C(N)=C(C#N)[C@H](c2ccc(OC)cc2)C2=C1CC(C)(C)CC2=O. The van der Waals surface area contributed by atoms with Gasteiger partial charge in [-0.2, -0.15) is 5.26 Å². The van der Waals surface area contributed by atoms with Crippen molar-refractivity contribution in [3.05, 3.63) is 52.5 Å². The molecular formula is C22H27N3O3. The highest BCUT2D eigenvalue weighted by Crippen LogP contribution is 2.48. The van der Waals surface area contributed by atoms with Crippen LogP contribution < -0.4 is 10.5 Å². The van der Waals surface area contributed by atoms with E-state index in [1.165, 1.54) is 0 Å². The first-order chi connectivity index (χ1) is 13.3. The molecule has 1 aromatic rings. The lowest BCUT2D eigenvalue weighted by Gasteiger charge is -2.43. The summed E-state index contributed by atoms with van der Waals surface area (Å²) < 4.78 is 10.5. The van der Waals surface area contributed by atoms with Crippen LogP contribution in [0.2, 0.25) is 0 Å². The number of carbonyl (C=O) groups is 1. The number of Topliss-reactive ketones (excluding diaryl/α,β-unsaturated/α-hetero) is 1. The summed E-state index contributed by atoms with van der Waals surface area (Å²) in [5.74, 6) is 0.759. The van der Waals surface area contributed by atoms with Gasteiger partial charge in [-0.15, -0.1) is 0 Å². The highest BCUT2D eigenvalue weighted by molar-refractivity contribution is 6.00. The molecule has 0 spiro atoms. The molecule has 0 fully saturated rings. The molecule has 1 aliphatic carbocycles. The summed E-state index contributed by atoms with van der Waals surface area (Å²) in [6.07, 6.45) is 1.18. The largest absolute Gasteiger partial charge is 0.497 e. The smallest absolute Gasteiger partial charge is 0.162 e. The molecule has 148 valence electrons. The van der Waals surface area contributed by atoms with Crippen molar-refractivity contribution in [3.63, 3.8) is 0 Å². The number of rotatable bonds is 5. The highest BCUT2D eigenvalue weighted by Gasteiger charge is 2.44. The molecule has 28 heavy (non-hydrogen) atoms. The predicted molar refractivity (Wildman–Crippen MR) is 106 cm³/mol. The summed E-state index contributed by atoms with van der Waals surface area (Å²) in [6, 6.07) is 9.75. The number of nitriles is 1. The number of carbonyl (C=O) groups excluding carboxylic acids is 1. The first kappa shape index (κ1) is 20.0. The van der Waals surface area contributed by atoms with Crippen molar-refractivity contribution >= 4 is 5.78 Å². The number of allylic oxidation sites excluding steroid dienone is 3. The van der Waals surface area contributed by atoms with E-state index in [1.54, 1.807) is 14.2 Å². The Hall–Kier alpha value is -2.78. The minimum atomic E-state index is -0.451. The molecule has 1 aromatic carbocycles. The molecule has 1 atom stereocenters. The number of ketones is 1. The fourth-order valence-electron chi connectivity index (χ4n) is 4.14. The number of methoxy groups -OCH3 is 2. The third-order valence-corrected chi connectivity index (χ3v) is 5.45. The van der Waals surface area contributed by atoms with Crippen molar-refractivity contribution in [2.45, 2.75) is 32.6 Å². The van der Waals surface area contributed by atoms with Gasteiger partial charge in [-0.1, -0.05) is 26.0 Å². The van der Waals surface area contributed by atoms with Gasteiger partial charge in [-0.25, -0.2) is 0 Å². The Bertz CT molecular complexity index is 875. The van der Waals surface area contributed by atoms with Crippen LogP contribution in [-0.2, 0) is 9.53 Å². The third kappa shape index (κ3) is 3.50. The van der Waals surface area contributed by atoms with Crippen LogP contribution in [0.1, 0.15) is 38.2 Å². The molecule has 1 aliphatic heterocycles. The summed E-state index contributed by atoms with van der Waals surface area (Å²) in [5, 5.41) is 9.91. The molecular weight excluding hydrogens is 354 g/mol. The summed E-state index contributed by atoms with van der Waals surface area (Å²) in [4.78, 5) is 15.1. The van der Waals surface area contributed by atoms with E-state index in [-0.39, 0.29) is 11.2 Å². The van der Waals surface area contributed by atoms with Gasteiger partial charge in [0.25, 0.3) is 0 Å². The Balaban J connectivity index is 2.18. The maximum Gasteiger partial charge on any atom is 0.162 e. The first-order valence-corrected chi connectivity index (χ1v) is 9.39. The van der Waals surface area contributed by atoms with Crippen LogP contribution >= 0.6 is 0 Å². The minimum Gasteiger partial charge on any atom is -0.497 e. The minimum absolute atomic E-state index is 0.0785. The Morgan fingerprint density at radius 2 is 1.93 bits per heavy atom. The normalized spacial score (nSPS) is 21.5. The van der Waals surface area contributed by atoms with E-state index >= 15 is 0 Å². The molecule has 2 N–H and O–H groups in total. The van der Waals surface area contributed by atoms with Gasteiger partial charge in [0.1, 0.15) is 11.6 Å². The fourth-order valence-corrected chi connectivity index (χ4v) is 4.14. The van der Waals surface area contributed by atoms with Crippen molar-refractivity contribution in [3.8, 4) is 11.8 Å². The van der Waals surface area contributed by atoms with E-state index in [0.29, 0.717) is 36.5 Å². The number of nitrogens with zero attached hydrogens (tertiary/aromatic N) is 2. The van der Waals surface area contributed by atoms with Gasteiger partial charge in [-0.05, 0) is 29.5 Å². The average molecular weight is 381 g/mol. The van der Waals surface area contributed by atoms with Gasteiger partial charge in [-0.3, -0.25) is 4.79 Å². The van der Waals surface area contributed by atoms with Gasteiger partial charge >= 0.3 is 0 Å². The second-order valence-electron chi connectivity index (χ2n) is 8.06. The molecule has 0 saturated heterocycles. The van der Waals surface area contributed by atoms with Crippen molar-refractivity contribution in [1.82, 2.24) is 4.90 Å². The molecule has 6 heteroatoms. The lowest BCUT2D eigenvalue weighted by Crippen LogP contribution is -2.43. The van der Waals surface area contributed by atoms with E-state index in [1.807, 2.05) is 29.2 Å². The number of ether oxygens (including phenoxy) is 2. The Morgan fingerprint density at radius 3 is 2.50 bits per heavy atom. The first-order valence-electron chi connectivity index (χ1n) is 9.39. The summed E-state index contributed by atoms with van der Waals surface area (Å²) >= 11 is 0. The lowest BCUT2D eigenvalue weighted by atomic mass is 9.68. The maximum absolute atomic E-state index is 13.2. The number of benzene rings is 1. The molecule has 3 rings (SSSR count). The standard InChI is InChI=1S/C22H27N3O3/c1-22(2)11-17-20(18(26)12-22)19(14-5-7-15(28-4)8-6-14)16(13-23)21(24)25(17)9-10-27-3/h5-8,19H,9-12,24H2,1-4H3/t19-/m0/s1.